The van der Waals surface area contributed by atoms with Gasteiger partial charge in [0.2, 0.25) is 0 Å². The van der Waals surface area contributed by atoms with E-state index in [-0.39, 0.29) is 0 Å². The van der Waals surface area contributed by atoms with Crippen LogP contribution in [0.15, 0.2) is 24.3 Å². The van der Waals surface area contributed by atoms with E-state index in [1.807, 2.05) is 7.05 Å². The van der Waals surface area contributed by atoms with Crippen LogP contribution in [0.2, 0.25) is 0 Å². The molecule has 0 amide bonds. The van der Waals surface area contributed by atoms with Gasteiger partial charge in [-0.05, 0) is 30.5 Å². The van der Waals surface area contributed by atoms with Crippen molar-refractivity contribution in [3.63, 3.8) is 0 Å². The van der Waals surface area contributed by atoms with Crippen molar-refractivity contribution in [2.24, 2.45) is 5.92 Å². The maximum atomic E-state index is 3.37. The molecule has 1 atom stereocenters. The number of benzene rings is 1. The first kappa shape index (κ1) is 12.3. The van der Waals surface area contributed by atoms with Crippen LogP contribution in [0.5, 0.6) is 0 Å². The summed E-state index contributed by atoms with van der Waals surface area (Å²) in [4.78, 5) is 0. The Balaban J connectivity index is 2.77. The lowest BCUT2D eigenvalue weighted by molar-refractivity contribution is 0.443. The largest absolute Gasteiger partial charge is 0.313 e. The number of hydrogen-bond acceptors (Lipinski definition) is 1. The van der Waals surface area contributed by atoms with Crippen LogP contribution >= 0.6 is 0 Å². The lowest BCUT2D eigenvalue weighted by Gasteiger charge is -2.20. The third-order valence-corrected chi connectivity index (χ3v) is 2.86. The lowest BCUT2D eigenvalue weighted by Crippen LogP contribution is -2.21. The van der Waals surface area contributed by atoms with E-state index >= 15 is 0 Å². The van der Waals surface area contributed by atoms with Gasteiger partial charge in [-0.2, -0.15) is 0 Å². The Kier molecular flexibility index (Phi) is 4.83. The zero-order valence-corrected chi connectivity index (χ0v) is 10.4. The van der Waals surface area contributed by atoms with Crippen LogP contribution in [0.1, 0.15) is 44.4 Å². The molecule has 1 aromatic carbocycles. The van der Waals surface area contributed by atoms with Crippen molar-refractivity contribution in [3.05, 3.63) is 35.4 Å². The number of hydrogen-bond donors (Lipinski definition) is 1. The normalized spacial score (nSPS) is 13.1. The number of aryl methyl sites for hydroxylation is 1. The summed E-state index contributed by atoms with van der Waals surface area (Å²) >= 11 is 0. The van der Waals surface area contributed by atoms with Crippen molar-refractivity contribution < 1.29 is 0 Å². The summed E-state index contributed by atoms with van der Waals surface area (Å²) in [5.74, 6) is 0.632. The third kappa shape index (κ3) is 3.35. The van der Waals surface area contributed by atoms with Crippen LogP contribution in [0.3, 0.4) is 0 Å². The third-order valence-electron chi connectivity index (χ3n) is 2.86. The number of nitrogens with one attached hydrogen (secondary N) is 1. The molecule has 1 aromatic rings. The Labute approximate surface area is 93.9 Å². The van der Waals surface area contributed by atoms with Crippen molar-refractivity contribution in [1.29, 1.82) is 0 Å². The highest BCUT2D eigenvalue weighted by Crippen LogP contribution is 2.21. The molecule has 0 bridgehead atoms. The van der Waals surface area contributed by atoms with Gasteiger partial charge in [-0.25, -0.2) is 0 Å². The van der Waals surface area contributed by atoms with Gasteiger partial charge in [0, 0.05) is 6.04 Å². The van der Waals surface area contributed by atoms with E-state index in [0.717, 1.165) is 0 Å². The van der Waals surface area contributed by atoms with Crippen LogP contribution < -0.4 is 5.32 Å². The SMILES string of the molecule is CCCc1ccc(C(NC)C(C)C)cc1. The molecule has 0 spiro atoms. The van der Waals surface area contributed by atoms with Gasteiger partial charge in [0.25, 0.3) is 0 Å². The van der Waals surface area contributed by atoms with E-state index in [2.05, 4.69) is 50.4 Å². The van der Waals surface area contributed by atoms with Crippen LogP contribution in [0, 0.1) is 5.92 Å². The summed E-state index contributed by atoms with van der Waals surface area (Å²) in [5, 5.41) is 3.37. The second-order valence-electron chi connectivity index (χ2n) is 4.50. The predicted octanol–water partition coefficient (Wildman–Crippen LogP) is 3.56. The molecule has 1 rings (SSSR count). The highest BCUT2D eigenvalue weighted by atomic mass is 14.9. The molecule has 0 fully saturated rings. The van der Waals surface area contributed by atoms with Crippen LogP contribution in [0.25, 0.3) is 0 Å². The summed E-state index contributed by atoms with van der Waals surface area (Å²) < 4.78 is 0. The van der Waals surface area contributed by atoms with Gasteiger partial charge in [0.05, 0.1) is 0 Å². The molecule has 0 radical (unpaired) electrons. The van der Waals surface area contributed by atoms with Gasteiger partial charge in [-0.15, -0.1) is 0 Å². The molecule has 0 aliphatic heterocycles. The maximum Gasteiger partial charge on any atom is 0.0340 e. The summed E-state index contributed by atoms with van der Waals surface area (Å²) in [5.41, 5.74) is 2.84. The minimum atomic E-state index is 0.473. The minimum absolute atomic E-state index is 0.473. The average Bonchev–Trinajstić information content (AvgIpc) is 2.21. The second-order valence-corrected chi connectivity index (χ2v) is 4.50. The molecular formula is C14H23N. The first-order valence-electron chi connectivity index (χ1n) is 5.95. The van der Waals surface area contributed by atoms with Crippen LogP contribution in [-0.2, 0) is 6.42 Å². The quantitative estimate of drug-likeness (QED) is 0.775. The van der Waals surface area contributed by atoms with E-state index in [9.17, 15) is 0 Å². The Bertz CT molecular complexity index is 274. The molecule has 0 saturated carbocycles. The summed E-state index contributed by atoms with van der Waals surface area (Å²) in [6.07, 6.45) is 2.41. The molecule has 1 heteroatoms. The van der Waals surface area contributed by atoms with E-state index in [0.29, 0.717) is 12.0 Å². The first-order chi connectivity index (χ1) is 7.19. The minimum Gasteiger partial charge on any atom is -0.313 e. The monoisotopic (exact) mass is 205 g/mol. The molecule has 1 unspecified atom stereocenters. The molecule has 84 valence electrons. The van der Waals surface area contributed by atoms with E-state index in [4.69, 9.17) is 0 Å². The maximum absolute atomic E-state index is 3.37. The Hall–Kier alpha value is -0.820. The smallest absolute Gasteiger partial charge is 0.0340 e. The summed E-state index contributed by atoms with van der Waals surface area (Å²) in [6.45, 7) is 6.72. The first-order valence-corrected chi connectivity index (χ1v) is 5.95. The molecule has 0 saturated heterocycles. The van der Waals surface area contributed by atoms with E-state index in [1.165, 1.54) is 24.0 Å². The van der Waals surface area contributed by atoms with Gasteiger partial charge in [0.15, 0.2) is 0 Å². The fourth-order valence-corrected chi connectivity index (χ4v) is 2.07. The highest BCUT2D eigenvalue weighted by Gasteiger charge is 2.12. The fraction of sp³-hybridized carbons (Fsp3) is 0.571. The predicted molar refractivity (Wildman–Crippen MR) is 67.1 cm³/mol. The second kappa shape index (κ2) is 5.92. The molecule has 15 heavy (non-hydrogen) atoms. The zero-order chi connectivity index (χ0) is 11.3. The molecule has 0 heterocycles. The highest BCUT2D eigenvalue weighted by molar-refractivity contribution is 5.25. The Morgan fingerprint density at radius 3 is 2.13 bits per heavy atom. The topological polar surface area (TPSA) is 12.0 Å². The van der Waals surface area contributed by atoms with Gasteiger partial charge in [-0.1, -0.05) is 51.5 Å². The van der Waals surface area contributed by atoms with E-state index < -0.39 is 0 Å². The van der Waals surface area contributed by atoms with Crippen molar-refractivity contribution in [3.8, 4) is 0 Å². The molecule has 1 N–H and O–H groups in total. The van der Waals surface area contributed by atoms with Crippen molar-refractivity contribution >= 4 is 0 Å². The van der Waals surface area contributed by atoms with Crippen LogP contribution in [-0.4, -0.2) is 7.05 Å². The van der Waals surface area contributed by atoms with Crippen LogP contribution in [0.4, 0.5) is 0 Å². The number of rotatable bonds is 5. The lowest BCUT2D eigenvalue weighted by atomic mass is 9.95. The fourth-order valence-electron chi connectivity index (χ4n) is 2.07. The zero-order valence-electron chi connectivity index (χ0n) is 10.4. The molecular weight excluding hydrogens is 182 g/mol. The van der Waals surface area contributed by atoms with Gasteiger partial charge >= 0.3 is 0 Å². The van der Waals surface area contributed by atoms with Gasteiger partial charge < -0.3 is 5.32 Å². The summed E-state index contributed by atoms with van der Waals surface area (Å²) in [6, 6.07) is 9.50. The van der Waals surface area contributed by atoms with Gasteiger partial charge in [-0.3, -0.25) is 0 Å². The molecule has 0 aliphatic carbocycles. The molecule has 0 aromatic heterocycles. The summed E-state index contributed by atoms with van der Waals surface area (Å²) in [7, 11) is 2.03. The molecule has 0 aliphatic rings. The van der Waals surface area contributed by atoms with Crippen molar-refractivity contribution in [2.45, 2.75) is 39.7 Å². The van der Waals surface area contributed by atoms with Crippen molar-refractivity contribution in [2.75, 3.05) is 7.05 Å². The van der Waals surface area contributed by atoms with Gasteiger partial charge in [0.1, 0.15) is 0 Å². The average molecular weight is 205 g/mol. The standard InChI is InChI=1S/C14H23N/c1-5-6-12-7-9-13(10-8-12)14(15-4)11(2)3/h7-11,14-15H,5-6H2,1-4H3. The van der Waals surface area contributed by atoms with E-state index in [1.54, 1.807) is 0 Å². The van der Waals surface area contributed by atoms with Crippen molar-refractivity contribution in [1.82, 2.24) is 5.32 Å². The Morgan fingerprint density at radius 2 is 1.73 bits per heavy atom. The Morgan fingerprint density at radius 1 is 1.13 bits per heavy atom. The molecule has 1 nitrogen and oxygen atoms in total.